The van der Waals surface area contributed by atoms with E-state index < -0.39 is 18.6 Å². The van der Waals surface area contributed by atoms with Crippen LogP contribution in [0.25, 0.3) is 10.2 Å². The standard InChI is InChI=1S/C22H21F3N4O2S/c23-22(24,25)10-16-7-17-18(26-12-27-19(17)32-16)29-6-5-21(11-29)8-15(9-21)28-14-3-1-13(2-4-14)20(30)31/h1-4,7,12,15,28H,5-6,8-11H2,(H,30,31). The molecule has 2 N–H and O–H groups in total. The maximum Gasteiger partial charge on any atom is 0.393 e. The lowest BCUT2D eigenvalue weighted by Gasteiger charge is -2.46. The van der Waals surface area contributed by atoms with E-state index in [1.165, 1.54) is 6.33 Å². The highest BCUT2D eigenvalue weighted by Crippen LogP contribution is 2.50. The van der Waals surface area contributed by atoms with Gasteiger partial charge in [-0.05, 0) is 55.0 Å². The van der Waals surface area contributed by atoms with Gasteiger partial charge in [0.05, 0.1) is 17.4 Å². The molecule has 0 bridgehead atoms. The van der Waals surface area contributed by atoms with Gasteiger partial charge in [0.25, 0.3) is 0 Å². The number of carbonyl (C=O) groups is 1. The molecule has 0 radical (unpaired) electrons. The number of carboxylic acids is 1. The smallest absolute Gasteiger partial charge is 0.393 e. The summed E-state index contributed by atoms with van der Waals surface area (Å²) in [5, 5.41) is 13.2. The third-order valence-corrected chi connectivity index (χ3v) is 7.38. The average molecular weight is 462 g/mol. The maximum absolute atomic E-state index is 12.8. The van der Waals surface area contributed by atoms with Crippen molar-refractivity contribution in [2.24, 2.45) is 5.41 Å². The summed E-state index contributed by atoms with van der Waals surface area (Å²) in [6, 6.07) is 8.63. The lowest BCUT2D eigenvalue weighted by Crippen LogP contribution is -2.46. The number of hydrogen-bond donors (Lipinski definition) is 2. The van der Waals surface area contributed by atoms with Crippen molar-refractivity contribution < 1.29 is 23.1 Å². The molecule has 1 aromatic carbocycles. The number of aromatic nitrogens is 2. The molecule has 1 saturated carbocycles. The van der Waals surface area contributed by atoms with E-state index in [1.54, 1.807) is 30.3 Å². The molecule has 168 valence electrons. The fourth-order valence-electron chi connectivity index (χ4n) is 4.91. The van der Waals surface area contributed by atoms with Gasteiger partial charge in [-0.2, -0.15) is 13.2 Å². The zero-order valence-corrected chi connectivity index (χ0v) is 17.8. The van der Waals surface area contributed by atoms with E-state index in [-0.39, 0.29) is 15.9 Å². The van der Waals surface area contributed by atoms with Gasteiger partial charge in [-0.25, -0.2) is 14.8 Å². The van der Waals surface area contributed by atoms with Gasteiger partial charge in [0.2, 0.25) is 0 Å². The molecular weight excluding hydrogens is 441 g/mol. The number of fused-ring (bicyclic) bond motifs is 1. The molecule has 0 amide bonds. The van der Waals surface area contributed by atoms with Crippen LogP contribution in [0.3, 0.4) is 0 Å². The first-order chi connectivity index (χ1) is 15.2. The number of nitrogens with zero attached hydrogens (tertiary/aromatic N) is 3. The van der Waals surface area contributed by atoms with Gasteiger partial charge in [-0.3, -0.25) is 0 Å². The molecule has 3 heterocycles. The van der Waals surface area contributed by atoms with E-state index in [2.05, 4.69) is 20.2 Å². The van der Waals surface area contributed by atoms with Gasteiger partial charge in [0.1, 0.15) is 17.0 Å². The Hall–Kier alpha value is -2.88. The average Bonchev–Trinajstić information content (AvgIpc) is 3.30. The van der Waals surface area contributed by atoms with E-state index in [9.17, 15) is 18.0 Å². The van der Waals surface area contributed by atoms with Gasteiger partial charge < -0.3 is 15.3 Å². The van der Waals surface area contributed by atoms with Crippen LogP contribution in [0.2, 0.25) is 0 Å². The van der Waals surface area contributed by atoms with Crippen molar-refractivity contribution in [1.82, 2.24) is 9.97 Å². The number of nitrogens with one attached hydrogen (secondary N) is 1. The lowest BCUT2D eigenvalue weighted by molar-refractivity contribution is -0.126. The molecule has 32 heavy (non-hydrogen) atoms. The predicted octanol–water partition coefficient (Wildman–Crippen LogP) is 4.97. The number of alkyl halides is 3. The first-order valence-electron chi connectivity index (χ1n) is 10.3. The Balaban J connectivity index is 1.24. The van der Waals surface area contributed by atoms with E-state index >= 15 is 0 Å². The van der Waals surface area contributed by atoms with Gasteiger partial charge >= 0.3 is 12.1 Å². The fourth-order valence-corrected chi connectivity index (χ4v) is 5.93. The molecule has 5 rings (SSSR count). The number of aromatic carboxylic acids is 1. The summed E-state index contributed by atoms with van der Waals surface area (Å²) >= 11 is 1.08. The summed E-state index contributed by atoms with van der Waals surface area (Å²) in [4.78, 5) is 22.6. The molecule has 2 aromatic heterocycles. The summed E-state index contributed by atoms with van der Waals surface area (Å²) in [5.41, 5.74) is 1.33. The van der Waals surface area contributed by atoms with Crippen LogP contribution in [0.4, 0.5) is 24.7 Å². The second kappa shape index (κ2) is 7.61. The van der Waals surface area contributed by atoms with Crippen molar-refractivity contribution in [3.63, 3.8) is 0 Å². The molecule has 0 atom stereocenters. The number of anilines is 2. The molecule has 10 heteroatoms. The number of thiophene rings is 1. The second-order valence-electron chi connectivity index (χ2n) is 8.72. The molecule has 3 aromatic rings. The topological polar surface area (TPSA) is 78.4 Å². The largest absolute Gasteiger partial charge is 0.478 e. The lowest BCUT2D eigenvalue weighted by atomic mass is 9.65. The van der Waals surface area contributed by atoms with Crippen LogP contribution in [0.1, 0.15) is 34.5 Å². The van der Waals surface area contributed by atoms with Crippen LogP contribution in [0, 0.1) is 5.41 Å². The number of carboxylic acid groups (broad SMARTS) is 1. The Morgan fingerprint density at radius 3 is 2.69 bits per heavy atom. The Labute approximate surface area is 186 Å². The summed E-state index contributed by atoms with van der Waals surface area (Å²) in [7, 11) is 0. The molecule has 0 unspecified atom stereocenters. The van der Waals surface area contributed by atoms with Crippen LogP contribution in [0.5, 0.6) is 0 Å². The molecular formula is C22H21F3N4O2S. The van der Waals surface area contributed by atoms with Crippen LogP contribution >= 0.6 is 11.3 Å². The highest BCUT2D eigenvalue weighted by molar-refractivity contribution is 7.18. The van der Waals surface area contributed by atoms with Crippen molar-refractivity contribution >= 4 is 39.0 Å². The zero-order chi connectivity index (χ0) is 22.5. The van der Waals surface area contributed by atoms with Crippen LogP contribution in [-0.2, 0) is 6.42 Å². The molecule has 1 spiro atoms. The van der Waals surface area contributed by atoms with E-state index in [4.69, 9.17) is 5.11 Å². The number of rotatable bonds is 5. The number of halogens is 3. The Bertz CT molecular complexity index is 1160. The van der Waals surface area contributed by atoms with Gasteiger partial charge in [0.15, 0.2) is 0 Å². The third kappa shape index (κ3) is 4.11. The molecule has 1 saturated heterocycles. The summed E-state index contributed by atoms with van der Waals surface area (Å²) in [6.45, 7) is 1.64. The summed E-state index contributed by atoms with van der Waals surface area (Å²) in [6.07, 6.45) is -0.772. The predicted molar refractivity (Wildman–Crippen MR) is 116 cm³/mol. The minimum atomic E-state index is -4.24. The van der Waals surface area contributed by atoms with Crippen LogP contribution in [0.15, 0.2) is 36.7 Å². The number of hydrogen-bond acceptors (Lipinski definition) is 6. The first-order valence-corrected chi connectivity index (χ1v) is 11.2. The first kappa shape index (κ1) is 21.0. The fraction of sp³-hybridized carbons (Fsp3) is 0.409. The quantitative estimate of drug-likeness (QED) is 0.558. The van der Waals surface area contributed by atoms with Crippen molar-refractivity contribution in [3.05, 3.63) is 47.1 Å². The summed E-state index contributed by atoms with van der Waals surface area (Å²) < 4.78 is 38.4. The summed E-state index contributed by atoms with van der Waals surface area (Å²) in [5.74, 6) is -0.225. The highest BCUT2D eigenvalue weighted by atomic mass is 32.1. The van der Waals surface area contributed by atoms with Crippen LogP contribution < -0.4 is 10.2 Å². The molecule has 1 aliphatic carbocycles. The van der Waals surface area contributed by atoms with Crippen molar-refractivity contribution in [3.8, 4) is 0 Å². The van der Waals surface area contributed by atoms with E-state index in [0.717, 1.165) is 55.2 Å². The normalized spacial score (nSPS) is 23.0. The Kier molecular flexibility index (Phi) is 4.99. The molecule has 2 fully saturated rings. The zero-order valence-electron chi connectivity index (χ0n) is 17.0. The highest BCUT2D eigenvalue weighted by Gasteiger charge is 2.49. The van der Waals surface area contributed by atoms with Gasteiger partial charge in [-0.15, -0.1) is 11.3 Å². The van der Waals surface area contributed by atoms with E-state index in [0.29, 0.717) is 16.3 Å². The van der Waals surface area contributed by atoms with Crippen LogP contribution in [-0.4, -0.2) is 46.4 Å². The minimum Gasteiger partial charge on any atom is -0.478 e. The van der Waals surface area contributed by atoms with Crippen molar-refractivity contribution in [1.29, 1.82) is 0 Å². The second-order valence-corrected chi connectivity index (χ2v) is 9.84. The SMILES string of the molecule is O=C(O)c1ccc(NC2CC3(CCN(c4ncnc5sc(CC(F)(F)F)cc45)C3)C2)cc1. The minimum absolute atomic E-state index is 0.167. The van der Waals surface area contributed by atoms with Crippen molar-refractivity contribution in [2.45, 2.75) is 37.9 Å². The Morgan fingerprint density at radius 1 is 1.25 bits per heavy atom. The number of benzene rings is 1. The third-order valence-electron chi connectivity index (χ3n) is 6.33. The van der Waals surface area contributed by atoms with E-state index in [1.807, 2.05) is 0 Å². The molecule has 1 aliphatic heterocycles. The van der Waals surface area contributed by atoms with Gasteiger partial charge in [-0.1, -0.05) is 0 Å². The van der Waals surface area contributed by atoms with Crippen molar-refractivity contribution in [2.75, 3.05) is 23.3 Å². The Morgan fingerprint density at radius 2 is 2.00 bits per heavy atom. The maximum atomic E-state index is 12.8. The molecule has 2 aliphatic rings. The molecule has 6 nitrogen and oxygen atoms in total. The monoisotopic (exact) mass is 462 g/mol. The van der Waals surface area contributed by atoms with Gasteiger partial charge in [0, 0.05) is 29.7 Å².